The van der Waals surface area contributed by atoms with E-state index in [-0.39, 0.29) is 29.2 Å². The lowest BCUT2D eigenvalue weighted by molar-refractivity contribution is -0.125. The predicted molar refractivity (Wildman–Crippen MR) is 92.5 cm³/mol. The second-order valence-corrected chi connectivity index (χ2v) is 6.17. The lowest BCUT2D eigenvalue weighted by atomic mass is 10.2. The molecule has 2 atom stereocenters. The molecule has 0 aromatic heterocycles. The average Bonchev–Trinajstić information content (AvgIpc) is 3.40. The van der Waals surface area contributed by atoms with Gasteiger partial charge >= 0.3 is 5.97 Å². The van der Waals surface area contributed by atoms with Crippen molar-refractivity contribution in [2.24, 2.45) is 11.8 Å². The zero-order valence-corrected chi connectivity index (χ0v) is 14.9. The highest BCUT2D eigenvalue weighted by Gasteiger charge is 2.48. The molecule has 25 heavy (non-hydrogen) atoms. The van der Waals surface area contributed by atoms with Crippen LogP contribution in [0.25, 0.3) is 0 Å². The number of ether oxygens (including phenoxy) is 2. The molecule has 1 saturated carbocycles. The van der Waals surface area contributed by atoms with Gasteiger partial charge in [0.1, 0.15) is 0 Å². The Bertz CT molecular complexity index is 664. The maximum absolute atomic E-state index is 12.3. The Balaban J connectivity index is 1.89. The number of hydrogen-bond donors (Lipinski definition) is 2. The predicted octanol–water partition coefficient (Wildman–Crippen LogP) is 1.85. The van der Waals surface area contributed by atoms with E-state index in [0.717, 1.165) is 6.42 Å². The van der Waals surface area contributed by atoms with E-state index in [2.05, 4.69) is 15.4 Å². The summed E-state index contributed by atoms with van der Waals surface area (Å²) in [7, 11) is 2.87. The van der Waals surface area contributed by atoms with E-state index in [1.54, 1.807) is 7.11 Å². The fraction of sp³-hybridized carbons (Fsp3) is 0.471. The normalized spacial score (nSPS) is 18.4. The first kappa shape index (κ1) is 19.2. The molecule has 8 heteroatoms. The molecule has 0 spiro atoms. The van der Waals surface area contributed by atoms with E-state index >= 15 is 0 Å². The highest BCUT2D eigenvalue weighted by atomic mass is 35.5. The minimum absolute atomic E-state index is 0.134. The number of nitrogens with one attached hydrogen (secondary N) is 2. The fourth-order valence-electron chi connectivity index (χ4n) is 2.43. The van der Waals surface area contributed by atoms with Crippen LogP contribution in [0.4, 0.5) is 5.69 Å². The van der Waals surface area contributed by atoms with Gasteiger partial charge in [0.15, 0.2) is 0 Å². The summed E-state index contributed by atoms with van der Waals surface area (Å²) in [4.78, 5) is 35.8. The van der Waals surface area contributed by atoms with Crippen LogP contribution in [0.3, 0.4) is 0 Å². The van der Waals surface area contributed by atoms with E-state index in [1.165, 1.54) is 25.3 Å². The molecule has 2 unspecified atom stereocenters. The molecule has 7 nitrogen and oxygen atoms in total. The topological polar surface area (TPSA) is 93.7 Å². The quantitative estimate of drug-likeness (QED) is 0.539. The number of anilines is 1. The molecule has 136 valence electrons. The van der Waals surface area contributed by atoms with Gasteiger partial charge in [-0.1, -0.05) is 11.6 Å². The molecular weight excluding hydrogens is 348 g/mol. The molecule has 2 rings (SSSR count). The Hall–Kier alpha value is -2.12. The van der Waals surface area contributed by atoms with E-state index in [9.17, 15) is 14.4 Å². The number of esters is 1. The zero-order valence-electron chi connectivity index (χ0n) is 14.1. The second kappa shape index (κ2) is 8.82. The molecular formula is C17H21ClN2O5. The van der Waals surface area contributed by atoms with Gasteiger partial charge in [-0.25, -0.2) is 4.79 Å². The van der Waals surface area contributed by atoms with Gasteiger partial charge in [-0.15, -0.1) is 0 Å². The van der Waals surface area contributed by atoms with Crippen LogP contribution in [0.15, 0.2) is 18.2 Å². The van der Waals surface area contributed by atoms with Crippen molar-refractivity contribution in [1.29, 1.82) is 0 Å². The second-order valence-electron chi connectivity index (χ2n) is 5.76. The Morgan fingerprint density at radius 2 is 1.92 bits per heavy atom. The number of methoxy groups -OCH3 is 2. The van der Waals surface area contributed by atoms with Crippen LogP contribution in [-0.2, 0) is 19.1 Å². The molecule has 1 fully saturated rings. The molecule has 0 heterocycles. The number of hydrogen-bond acceptors (Lipinski definition) is 5. The van der Waals surface area contributed by atoms with Crippen LogP contribution < -0.4 is 10.6 Å². The lowest BCUT2D eigenvalue weighted by Gasteiger charge is -2.09. The first-order chi connectivity index (χ1) is 12.0. The van der Waals surface area contributed by atoms with E-state index in [4.69, 9.17) is 16.3 Å². The standard InChI is InChI=1S/C17H21ClN2O5/c1-24-7-3-6-19-15(21)11-9-12(11)16(22)20-14-8-10(17(23)25-2)4-5-13(14)18/h4-5,8,11-12H,3,6-7,9H2,1-2H3,(H,19,21)(H,20,22). The van der Waals surface area contributed by atoms with Gasteiger partial charge in [-0.05, 0) is 31.0 Å². The summed E-state index contributed by atoms with van der Waals surface area (Å²) in [6, 6.07) is 4.47. The Morgan fingerprint density at radius 3 is 2.60 bits per heavy atom. The van der Waals surface area contributed by atoms with E-state index in [0.29, 0.717) is 30.3 Å². The molecule has 1 aliphatic rings. The van der Waals surface area contributed by atoms with Crippen LogP contribution >= 0.6 is 11.6 Å². The van der Waals surface area contributed by atoms with Crippen molar-refractivity contribution >= 4 is 35.1 Å². The van der Waals surface area contributed by atoms with Crippen molar-refractivity contribution < 1.29 is 23.9 Å². The Morgan fingerprint density at radius 1 is 1.20 bits per heavy atom. The average molecular weight is 369 g/mol. The molecule has 1 aromatic carbocycles. The maximum Gasteiger partial charge on any atom is 0.337 e. The summed E-state index contributed by atoms with van der Waals surface area (Å²) in [5, 5.41) is 5.77. The Kier molecular flexibility index (Phi) is 6.78. The van der Waals surface area contributed by atoms with Crippen molar-refractivity contribution in [2.75, 3.05) is 32.7 Å². The van der Waals surface area contributed by atoms with Gasteiger partial charge in [0.2, 0.25) is 11.8 Å². The summed E-state index contributed by atoms with van der Waals surface area (Å²) in [5.41, 5.74) is 0.603. The van der Waals surface area contributed by atoms with Crippen LogP contribution in [0.2, 0.25) is 5.02 Å². The van der Waals surface area contributed by atoms with Crippen molar-refractivity contribution in [1.82, 2.24) is 5.32 Å². The number of amides is 2. The molecule has 2 N–H and O–H groups in total. The number of halogens is 1. The Labute approximate surface area is 151 Å². The minimum Gasteiger partial charge on any atom is -0.465 e. The largest absolute Gasteiger partial charge is 0.465 e. The summed E-state index contributed by atoms with van der Waals surface area (Å²) in [5.74, 6) is -1.66. The summed E-state index contributed by atoms with van der Waals surface area (Å²) in [6.45, 7) is 1.09. The molecule has 2 amide bonds. The van der Waals surface area contributed by atoms with Gasteiger partial charge in [-0.3, -0.25) is 9.59 Å². The van der Waals surface area contributed by atoms with Gasteiger partial charge < -0.3 is 20.1 Å². The maximum atomic E-state index is 12.3. The first-order valence-corrected chi connectivity index (χ1v) is 8.31. The molecule has 1 aliphatic carbocycles. The van der Waals surface area contributed by atoms with E-state index in [1.807, 2.05) is 0 Å². The van der Waals surface area contributed by atoms with Crippen LogP contribution in [-0.4, -0.2) is 45.2 Å². The molecule has 0 saturated heterocycles. The lowest BCUT2D eigenvalue weighted by Crippen LogP contribution is -2.28. The number of rotatable bonds is 8. The highest BCUT2D eigenvalue weighted by molar-refractivity contribution is 6.34. The third-order valence-electron chi connectivity index (χ3n) is 3.93. The molecule has 0 radical (unpaired) electrons. The van der Waals surface area contributed by atoms with Crippen LogP contribution in [0, 0.1) is 11.8 Å². The van der Waals surface area contributed by atoms with Crippen molar-refractivity contribution in [3.63, 3.8) is 0 Å². The highest BCUT2D eigenvalue weighted by Crippen LogP contribution is 2.40. The first-order valence-electron chi connectivity index (χ1n) is 7.93. The molecule has 1 aromatic rings. The van der Waals surface area contributed by atoms with Crippen molar-refractivity contribution in [2.45, 2.75) is 12.8 Å². The molecule has 0 bridgehead atoms. The van der Waals surface area contributed by atoms with Crippen molar-refractivity contribution in [3.8, 4) is 0 Å². The third kappa shape index (κ3) is 5.17. The fourth-order valence-corrected chi connectivity index (χ4v) is 2.59. The number of carbonyl (C=O) groups excluding carboxylic acids is 3. The number of benzene rings is 1. The zero-order chi connectivity index (χ0) is 18.4. The summed E-state index contributed by atoms with van der Waals surface area (Å²) >= 11 is 6.05. The third-order valence-corrected chi connectivity index (χ3v) is 4.26. The van der Waals surface area contributed by atoms with Gasteiger partial charge in [0.25, 0.3) is 0 Å². The van der Waals surface area contributed by atoms with E-state index < -0.39 is 5.97 Å². The van der Waals surface area contributed by atoms with Gasteiger partial charge in [0.05, 0.1) is 35.2 Å². The summed E-state index contributed by atoms with van der Waals surface area (Å²) < 4.78 is 9.55. The SMILES string of the molecule is COCCCNC(=O)C1CC1C(=O)Nc1cc(C(=O)OC)ccc1Cl. The summed E-state index contributed by atoms with van der Waals surface area (Å²) in [6.07, 6.45) is 1.22. The minimum atomic E-state index is -0.521. The van der Waals surface area contributed by atoms with Crippen LogP contribution in [0.1, 0.15) is 23.2 Å². The van der Waals surface area contributed by atoms with Crippen molar-refractivity contribution in [3.05, 3.63) is 28.8 Å². The van der Waals surface area contributed by atoms with Gasteiger partial charge in [-0.2, -0.15) is 0 Å². The smallest absolute Gasteiger partial charge is 0.337 e. The van der Waals surface area contributed by atoms with Crippen LogP contribution in [0.5, 0.6) is 0 Å². The van der Waals surface area contributed by atoms with Gasteiger partial charge in [0, 0.05) is 20.3 Å². The molecule has 0 aliphatic heterocycles. The monoisotopic (exact) mass is 368 g/mol. The number of carbonyl (C=O) groups is 3.